The molecule has 0 saturated heterocycles. The molecule has 2 aromatic rings. The summed E-state index contributed by atoms with van der Waals surface area (Å²) in [6.45, 7) is 6.50. The van der Waals surface area contributed by atoms with Crippen molar-refractivity contribution in [2.75, 3.05) is 0 Å². The molecule has 0 radical (unpaired) electrons. The van der Waals surface area contributed by atoms with Crippen molar-refractivity contribution in [2.24, 2.45) is 5.41 Å². The fourth-order valence-corrected chi connectivity index (χ4v) is 2.15. The van der Waals surface area contributed by atoms with Crippen LogP contribution in [-0.2, 0) is 0 Å². The van der Waals surface area contributed by atoms with Crippen molar-refractivity contribution in [3.05, 3.63) is 48.2 Å². The summed E-state index contributed by atoms with van der Waals surface area (Å²) in [6, 6.07) is 7.27. The smallest absolute Gasteiger partial charge is 0.180 e. The predicted octanol–water partition coefficient (Wildman–Crippen LogP) is 3.56. The van der Waals surface area contributed by atoms with E-state index in [0.29, 0.717) is 0 Å². The first-order chi connectivity index (χ1) is 7.98. The molecule has 0 amide bonds. The van der Waals surface area contributed by atoms with E-state index in [1.807, 2.05) is 12.1 Å². The number of hydrogen-bond donors (Lipinski definition) is 1. The maximum atomic E-state index is 9.34. The lowest BCUT2D eigenvalue weighted by Gasteiger charge is -2.29. The Bertz CT molecular complexity index is 466. The molecular formula is C14H17NO2. The zero-order valence-corrected chi connectivity index (χ0v) is 10.3. The highest BCUT2D eigenvalue weighted by Crippen LogP contribution is 2.39. The normalized spacial score (nSPS) is 13.6. The third kappa shape index (κ3) is 2.49. The van der Waals surface area contributed by atoms with Crippen LogP contribution in [0.5, 0.6) is 5.75 Å². The highest BCUT2D eigenvalue weighted by atomic mass is 16.3. The summed E-state index contributed by atoms with van der Waals surface area (Å²) in [7, 11) is 0. The van der Waals surface area contributed by atoms with Gasteiger partial charge in [0, 0.05) is 5.92 Å². The van der Waals surface area contributed by atoms with Crippen molar-refractivity contribution in [3.8, 4) is 5.75 Å². The molecule has 0 aliphatic rings. The molecule has 0 aliphatic carbocycles. The number of nitrogens with zero attached hydrogens (tertiary/aromatic N) is 1. The van der Waals surface area contributed by atoms with Gasteiger partial charge in [0.25, 0.3) is 0 Å². The molecule has 0 bridgehead atoms. The second kappa shape index (κ2) is 4.24. The molecule has 0 aliphatic heterocycles. The summed E-state index contributed by atoms with van der Waals surface area (Å²) < 4.78 is 5.08. The third-order valence-corrected chi connectivity index (χ3v) is 2.84. The first kappa shape index (κ1) is 11.7. The van der Waals surface area contributed by atoms with Gasteiger partial charge in [-0.05, 0) is 23.1 Å². The molecule has 1 aromatic heterocycles. The number of oxazole rings is 1. The van der Waals surface area contributed by atoms with E-state index >= 15 is 0 Å². The van der Waals surface area contributed by atoms with E-state index in [-0.39, 0.29) is 17.1 Å². The van der Waals surface area contributed by atoms with Crippen LogP contribution in [0.2, 0.25) is 0 Å². The number of hydrogen-bond acceptors (Lipinski definition) is 3. The van der Waals surface area contributed by atoms with Gasteiger partial charge in [0.15, 0.2) is 6.39 Å². The number of aromatic nitrogens is 1. The average Bonchev–Trinajstić information content (AvgIpc) is 2.72. The summed E-state index contributed by atoms with van der Waals surface area (Å²) in [4.78, 5) is 4.25. The second-order valence-electron chi connectivity index (χ2n) is 5.30. The number of aromatic hydroxyl groups is 1. The van der Waals surface area contributed by atoms with Crippen molar-refractivity contribution in [1.29, 1.82) is 0 Å². The van der Waals surface area contributed by atoms with E-state index in [2.05, 4.69) is 25.8 Å². The van der Waals surface area contributed by atoms with Gasteiger partial charge >= 0.3 is 0 Å². The van der Waals surface area contributed by atoms with Gasteiger partial charge in [-0.1, -0.05) is 32.9 Å². The van der Waals surface area contributed by atoms with Crippen molar-refractivity contribution in [3.63, 3.8) is 0 Å². The molecule has 0 spiro atoms. The Balaban J connectivity index is 2.45. The van der Waals surface area contributed by atoms with E-state index in [4.69, 9.17) is 4.42 Å². The quantitative estimate of drug-likeness (QED) is 0.859. The van der Waals surface area contributed by atoms with Crippen molar-refractivity contribution >= 4 is 0 Å². The van der Waals surface area contributed by atoms with Crippen molar-refractivity contribution in [1.82, 2.24) is 4.98 Å². The van der Waals surface area contributed by atoms with Gasteiger partial charge in [0.2, 0.25) is 0 Å². The van der Waals surface area contributed by atoms with Gasteiger partial charge in [0.1, 0.15) is 12.0 Å². The lowest BCUT2D eigenvalue weighted by atomic mass is 9.75. The Morgan fingerprint density at radius 1 is 1.18 bits per heavy atom. The van der Waals surface area contributed by atoms with Gasteiger partial charge in [0.05, 0.1) is 5.69 Å². The van der Waals surface area contributed by atoms with Gasteiger partial charge in [-0.2, -0.15) is 0 Å². The largest absolute Gasteiger partial charge is 0.508 e. The van der Waals surface area contributed by atoms with Crippen LogP contribution >= 0.6 is 0 Å². The molecule has 1 heterocycles. The van der Waals surface area contributed by atoms with E-state index in [0.717, 1.165) is 11.3 Å². The molecule has 17 heavy (non-hydrogen) atoms. The molecule has 1 aromatic carbocycles. The van der Waals surface area contributed by atoms with E-state index in [9.17, 15) is 5.11 Å². The van der Waals surface area contributed by atoms with Crippen LogP contribution < -0.4 is 0 Å². The molecule has 1 unspecified atom stereocenters. The summed E-state index contributed by atoms with van der Waals surface area (Å²) in [5, 5.41) is 9.34. The molecule has 1 N–H and O–H groups in total. The average molecular weight is 231 g/mol. The van der Waals surface area contributed by atoms with E-state index in [1.165, 1.54) is 6.39 Å². The van der Waals surface area contributed by atoms with Gasteiger partial charge < -0.3 is 9.52 Å². The second-order valence-corrected chi connectivity index (χ2v) is 5.30. The zero-order chi connectivity index (χ0) is 12.5. The number of phenols is 1. The molecule has 1 atom stereocenters. The Hall–Kier alpha value is -1.77. The summed E-state index contributed by atoms with van der Waals surface area (Å²) in [5.74, 6) is 0.434. The Morgan fingerprint density at radius 3 is 2.29 bits per heavy atom. The highest BCUT2D eigenvalue weighted by Gasteiger charge is 2.29. The molecule has 3 nitrogen and oxygen atoms in total. The van der Waals surface area contributed by atoms with Gasteiger partial charge in [-0.3, -0.25) is 0 Å². The van der Waals surface area contributed by atoms with E-state index in [1.54, 1.807) is 18.4 Å². The van der Waals surface area contributed by atoms with Crippen LogP contribution in [0.3, 0.4) is 0 Å². The van der Waals surface area contributed by atoms with Crippen molar-refractivity contribution in [2.45, 2.75) is 26.7 Å². The molecule has 90 valence electrons. The maximum Gasteiger partial charge on any atom is 0.180 e. The fraction of sp³-hybridized carbons (Fsp3) is 0.357. The Labute approximate surface area is 101 Å². The Kier molecular flexibility index (Phi) is 2.92. The lowest BCUT2D eigenvalue weighted by molar-refractivity contribution is 0.352. The number of benzene rings is 1. The predicted molar refractivity (Wildman–Crippen MR) is 65.9 cm³/mol. The topological polar surface area (TPSA) is 46.3 Å². The first-order valence-electron chi connectivity index (χ1n) is 5.65. The first-order valence-corrected chi connectivity index (χ1v) is 5.65. The van der Waals surface area contributed by atoms with Crippen molar-refractivity contribution < 1.29 is 9.52 Å². The van der Waals surface area contributed by atoms with Crippen LogP contribution in [0, 0.1) is 5.41 Å². The van der Waals surface area contributed by atoms with Crippen LogP contribution in [-0.4, -0.2) is 10.1 Å². The maximum absolute atomic E-state index is 9.34. The van der Waals surface area contributed by atoms with E-state index < -0.39 is 0 Å². The minimum atomic E-state index is 0.0356. The third-order valence-electron chi connectivity index (χ3n) is 2.84. The van der Waals surface area contributed by atoms with Crippen LogP contribution in [0.15, 0.2) is 41.3 Å². The van der Waals surface area contributed by atoms with Crippen LogP contribution in [0.1, 0.15) is 37.9 Å². The summed E-state index contributed by atoms with van der Waals surface area (Å²) in [6.07, 6.45) is 3.14. The Morgan fingerprint density at radius 2 is 1.82 bits per heavy atom. The lowest BCUT2D eigenvalue weighted by Crippen LogP contribution is -2.19. The highest BCUT2D eigenvalue weighted by molar-refractivity contribution is 5.33. The van der Waals surface area contributed by atoms with Crippen LogP contribution in [0.4, 0.5) is 0 Å². The van der Waals surface area contributed by atoms with Gasteiger partial charge in [-0.15, -0.1) is 0 Å². The number of phenolic OH excluding ortho intramolecular Hbond substituents is 1. The molecule has 3 heteroatoms. The summed E-state index contributed by atoms with van der Waals surface area (Å²) in [5.41, 5.74) is 2.08. The fourth-order valence-electron chi connectivity index (χ4n) is 2.15. The minimum absolute atomic E-state index is 0.0356. The van der Waals surface area contributed by atoms with Crippen LogP contribution in [0.25, 0.3) is 0 Å². The molecule has 0 fully saturated rings. The zero-order valence-electron chi connectivity index (χ0n) is 10.3. The monoisotopic (exact) mass is 231 g/mol. The minimum Gasteiger partial charge on any atom is -0.508 e. The number of rotatable bonds is 2. The van der Waals surface area contributed by atoms with Gasteiger partial charge in [-0.25, -0.2) is 4.98 Å². The SMILES string of the molecule is CC(C)(C)C(c1ccc(O)cc1)c1cocn1. The molecular weight excluding hydrogens is 214 g/mol. The molecule has 2 rings (SSSR count). The molecule has 0 saturated carbocycles. The standard InChI is InChI=1S/C14H17NO2/c1-14(2,3)13(12-8-17-9-15-12)10-4-6-11(16)7-5-10/h4-9,13,16H,1-3H3. The summed E-state index contributed by atoms with van der Waals surface area (Å²) >= 11 is 0.